The third-order valence-corrected chi connectivity index (χ3v) is 8.57. The molecule has 0 fully saturated rings. The lowest BCUT2D eigenvalue weighted by Gasteiger charge is -2.37. The van der Waals surface area contributed by atoms with Crippen LogP contribution in [0.3, 0.4) is 0 Å². The quantitative estimate of drug-likeness (QED) is 0.0443. The Labute approximate surface area is 254 Å². The van der Waals surface area contributed by atoms with Crippen LogP contribution in [0.2, 0.25) is 0 Å². The van der Waals surface area contributed by atoms with Crippen LogP contribution >= 0.6 is 0 Å². The van der Waals surface area contributed by atoms with E-state index >= 15 is 0 Å². The summed E-state index contributed by atoms with van der Waals surface area (Å²) >= 11 is 0. The van der Waals surface area contributed by atoms with Gasteiger partial charge < -0.3 is 26.2 Å². The van der Waals surface area contributed by atoms with Gasteiger partial charge >= 0.3 is 5.97 Å². The summed E-state index contributed by atoms with van der Waals surface area (Å²) in [6, 6.07) is 9.40. The van der Waals surface area contributed by atoms with E-state index in [1.165, 1.54) is 146 Å². The molecule has 0 radical (unpaired) electrons. The molecule has 0 unspecified atom stereocenters. The zero-order valence-corrected chi connectivity index (χ0v) is 27.8. The van der Waals surface area contributed by atoms with E-state index in [9.17, 15) is 4.79 Å². The SMILES string of the molecule is CCCCCCCCCCCCCCCCCC[N+](CC)(CC)CCCCCCC(=O)Oc1ccccc1.[Br-]. The van der Waals surface area contributed by atoms with Crippen LogP contribution in [0.4, 0.5) is 0 Å². The second-order valence-corrected chi connectivity index (χ2v) is 11.7. The molecule has 0 spiro atoms. The molecule has 228 valence electrons. The van der Waals surface area contributed by atoms with Crippen LogP contribution in [0.25, 0.3) is 0 Å². The van der Waals surface area contributed by atoms with E-state index in [4.69, 9.17) is 4.74 Å². The van der Waals surface area contributed by atoms with Crippen molar-refractivity contribution in [3.05, 3.63) is 30.3 Å². The Kier molecular flexibility index (Phi) is 26.7. The van der Waals surface area contributed by atoms with Gasteiger partial charge in [0.15, 0.2) is 0 Å². The summed E-state index contributed by atoms with van der Waals surface area (Å²) < 4.78 is 6.66. The van der Waals surface area contributed by atoms with Crippen molar-refractivity contribution in [2.75, 3.05) is 26.2 Å². The average molecular weight is 611 g/mol. The number of benzene rings is 1. The van der Waals surface area contributed by atoms with Gasteiger partial charge in [-0.15, -0.1) is 0 Å². The molecule has 1 aromatic carbocycles. The van der Waals surface area contributed by atoms with Crippen LogP contribution in [-0.4, -0.2) is 36.6 Å². The van der Waals surface area contributed by atoms with Gasteiger partial charge in [0.25, 0.3) is 0 Å². The van der Waals surface area contributed by atoms with Crippen LogP contribution in [-0.2, 0) is 4.79 Å². The lowest BCUT2D eigenvalue weighted by molar-refractivity contribution is -0.925. The zero-order chi connectivity index (χ0) is 27.6. The smallest absolute Gasteiger partial charge is 0.311 e. The highest BCUT2D eigenvalue weighted by atomic mass is 79.9. The standard InChI is InChI=1S/C35H64NO2.BrH/c1-4-7-8-9-10-11-12-13-14-15-16-17-18-19-21-27-32-36(5-2,6-3)33-28-22-20-26-31-35(37)38-34-29-24-23-25-30-34;/h23-25,29-30H,4-22,26-28,31-33H2,1-3H3;1H/q+1;/p-1. The fourth-order valence-corrected chi connectivity index (χ4v) is 5.70. The number of carbonyl (C=O) groups is 1. The molecule has 0 aliphatic heterocycles. The monoisotopic (exact) mass is 609 g/mol. The Balaban J connectivity index is 0.0000144. The first-order valence-corrected chi connectivity index (χ1v) is 16.8. The maximum Gasteiger partial charge on any atom is 0.311 e. The molecular formula is C35H64BrNO2. The van der Waals surface area contributed by atoms with Gasteiger partial charge in [-0.1, -0.05) is 121 Å². The number of ether oxygens (including phenoxy) is 1. The van der Waals surface area contributed by atoms with E-state index in [0.29, 0.717) is 12.2 Å². The van der Waals surface area contributed by atoms with Crippen LogP contribution in [0, 0.1) is 0 Å². The van der Waals surface area contributed by atoms with E-state index in [1.807, 2.05) is 30.3 Å². The van der Waals surface area contributed by atoms with Crippen molar-refractivity contribution < 1.29 is 31.0 Å². The number of hydrogen-bond acceptors (Lipinski definition) is 2. The Bertz CT molecular complexity index is 647. The van der Waals surface area contributed by atoms with Gasteiger partial charge in [0, 0.05) is 6.42 Å². The molecule has 0 bridgehead atoms. The summed E-state index contributed by atoms with van der Waals surface area (Å²) in [7, 11) is 0. The second-order valence-electron chi connectivity index (χ2n) is 11.7. The molecule has 39 heavy (non-hydrogen) atoms. The minimum Gasteiger partial charge on any atom is -1.00 e. The lowest BCUT2D eigenvalue weighted by Crippen LogP contribution is -3.00. The topological polar surface area (TPSA) is 26.3 Å². The fourth-order valence-electron chi connectivity index (χ4n) is 5.70. The molecule has 0 heterocycles. The predicted molar refractivity (Wildman–Crippen MR) is 166 cm³/mol. The number of rotatable bonds is 27. The lowest BCUT2D eigenvalue weighted by atomic mass is 10.0. The average Bonchev–Trinajstić information content (AvgIpc) is 2.94. The third-order valence-electron chi connectivity index (χ3n) is 8.57. The third kappa shape index (κ3) is 21.5. The number of hydrogen-bond donors (Lipinski definition) is 0. The van der Waals surface area contributed by atoms with Gasteiger partial charge in [0.1, 0.15) is 5.75 Å². The molecule has 4 heteroatoms. The molecule has 0 N–H and O–H groups in total. The fraction of sp³-hybridized carbons (Fsp3) is 0.800. The maximum atomic E-state index is 12.0. The summed E-state index contributed by atoms with van der Waals surface area (Å²) in [6.45, 7) is 12.2. The highest BCUT2D eigenvalue weighted by Crippen LogP contribution is 2.17. The Morgan fingerprint density at radius 3 is 1.36 bits per heavy atom. The number of esters is 1. The Hall–Kier alpha value is -0.870. The van der Waals surface area contributed by atoms with Crippen molar-refractivity contribution >= 4 is 5.97 Å². The summed E-state index contributed by atoms with van der Waals surface area (Å²) in [5.74, 6) is 0.548. The maximum absolute atomic E-state index is 12.0. The number of para-hydroxylation sites is 1. The van der Waals surface area contributed by atoms with Crippen molar-refractivity contribution in [1.29, 1.82) is 0 Å². The minimum absolute atomic E-state index is 0. The van der Waals surface area contributed by atoms with E-state index < -0.39 is 0 Å². The molecule has 1 rings (SSSR count). The van der Waals surface area contributed by atoms with Gasteiger partial charge in [-0.05, 0) is 58.1 Å². The van der Waals surface area contributed by atoms with Crippen LogP contribution in [0.15, 0.2) is 30.3 Å². The predicted octanol–water partition coefficient (Wildman–Crippen LogP) is 7.66. The zero-order valence-electron chi connectivity index (χ0n) is 26.2. The molecule has 0 saturated heterocycles. The molecule has 3 nitrogen and oxygen atoms in total. The second kappa shape index (κ2) is 27.3. The Morgan fingerprint density at radius 2 is 0.949 bits per heavy atom. The van der Waals surface area contributed by atoms with Crippen molar-refractivity contribution in [3.8, 4) is 5.75 Å². The first kappa shape index (κ1) is 38.1. The number of quaternary nitrogens is 1. The summed E-state index contributed by atoms with van der Waals surface area (Å²) in [5.41, 5.74) is 0. The van der Waals surface area contributed by atoms with Crippen molar-refractivity contribution in [1.82, 2.24) is 0 Å². The van der Waals surface area contributed by atoms with Crippen LogP contribution in [0.1, 0.15) is 156 Å². The van der Waals surface area contributed by atoms with E-state index in [2.05, 4.69) is 20.8 Å². The summed E-state index contributed by atoms with van der Waals surface area (Å²) in [4.78, 5) is 12.0. The van der Waals surface area contributed by atoms with E-state index in [1.54, 1.807) is 0 Å². The summed E-state index contributed by atoms with van der Waals surface area (Å²) in [5, 5.41) is 0. The highest BCUT2D eigenvalue weighted by Gasteiger charge is 2.21. The first-order chi connectivity index (χ1) is 18.7. The normalized spacial score (nSPS) is 11.4. The summed E-state index contributed by atoms with van der Waals surface area (Å²) in [6.07, 6.45) is 28.1. The molecule has 0 atom stereocenters. The van der Waals surface area contributed by atoms with Crippen LogP contribution < -0.4 is 21.7 Å². The Morgan fingerprint density at radius 1 is 0.564 bits per heavy atom. The van der Waals surface area contributed by atoms with Crippen molar-refractivity contribution in [3.63, 3.8) is 0 Å². The number of carbonyl (C=O) groups excluding carboxylic acids is 1. The molecule has 0 aliphatic rings. The molecular weight excluding hydrogens is 546 g/mol. The van der Waals surface area contributed by atoms with Crippen molar-refractivity contribution in [2.45, 2.75) is 156 Å². The molecule has 0 aliphatic carbocycles. The van der Waals surface area contributed by atoms with Crippen molar-refractivity contribution in [2.24, 2.45) is 0 Å². The van der Waals surface area contributed by atoms with Gasteiger partial charge in [-0.25, -0.2) is 0 Å². The van der Waals surface area contributed by atoms with Gasteiger partial charge in [0.05, 0.1) is 26.2 Å². The van der Waals surface area contributed by atoms with E-state index in [-0.39, 0.29) is 23.0 Å². The molecule has 1 aromatic rings. The van der Waals surface area contributed by atoms with Gasteiger partial charge in [0.2, 0.25) is 0 Å². The number of halogens is 1. The van der Waals surface area contributed by atoms with Crippen LogP contribution in [0.5, 0.6) is 5.75 Å². The van der Waals surface area contributed by atoms with Gasteiger partial charge in [-0.3, -0.25) is 4.79 Å². The number of nitrogens with zero attached hydrogens (tertiary/aromatic N) is 1. The first-order valence-electron chi connectivity index (χ1n) is 16.8. The molecule has 0 aromatic heterocycles. The molecule has 0 amide bonds. The largest absolute Gasteiger partial charge is 1.00 e. The minimum atomic E-state index is -0.105. The molecule has 0 saturated carbocycles. The highest BCUT2D eigenvalue weighted by molar-refractivity contribution is 5.72. The van der Waals surface area contributed by atoms with Gasteiger partial charge in [-0.2, -0.15) is 0 Å². The number of unbranched alkanes of at least 4 members (excludes halogenated alkanes) is 18. The van der Waals surface area contributed by atoms with E-state index in [0.717, 1.165) is 12.8 Å².